The Morgan fingerprint density at radius 1 is 1.31 bits per heavy atom. The quantitative estimate of drug-likeness (QED) is 0.676. The molecule has 0 saturated carbocycles. The number of H-pyrrole nitrogens is 1. The van der Waals surface area contributed by atoms with E-state index in [1.807, 2.05) is 18.2 Å². The summed E-state index contributed by atoms with van der Waals surface area (Å²) in [4.78, 5) is 11.8. The lowest BCUT2D eigenvalue weighted by molar-refractivity contribution is 0.959. The summed E-state index contributed by atoms with van der Waals surface area (Å²) < 4.78 is 0. The fraction of sp³-hybridized carbons (Fsp3) is 0.0909. The summed E-state index contributed by atoms with van der Waals surface area (Å²) in [5, 5.41) is 1.66. The van der Waals surface area contributed by atoms with Gasteiger partial charge in [-0.2, -0.15) is 0 Å². The lowest BCUT2D eigenvalue weighted by Gasteiger charge is -1.98. The number of fused-ring (bicyclic) bond motifs is 3. The lowest BCUT2D eigenvalue weighted by atomic mass is 10.2. The van der Waals surface area contributed by atoms with Crippen molar-refractivity contribution in [1.29, 1.82) is 0 Å². The van der Waals surface area contributed by atoms with Gasteiger partial charge in [0.1, 0.15) is 11.3 Å². The van der Waals surface area contributed by atoms with Crippen LogP contribution in [0.3, 0.4) is 0 Å². The van der Waals surface area contributed by atoms with Crippen LogP contribution in [0.2, 0.25) is 5.02 Å². The van der Waals surface area contributed by atoms with Crippen LogP contribution in [0.5, 0.6) is 0 Å². The van der Waals surface area contributed by atoms with Crippen LogP contribution in [0.25, 0.3) is 21.9 Å². The first-order chi connectivity index (χ1) is 7.78. The van der Waals surface area contributed by atoms with Crippen molar-refractivity contribution in [3.63, 3.8) is 0 Å². The average Bonchev–Trinajstić information content (AvgIpc) is 2.72. The molecule has 0 aliphatic carbocycles. The highest BCUT2D eigenvalue weighted by Gasteiger charge is 2.06. The monoisotopic (exact) mass is 232 g/mol. The number of hydrogen-bond donors (Lipinski definition) is 2. The third kappa shape index (κ3) is 1.35. The average molecular weight is 233 g/mol. The van der Waals surface area contributed by atoms with Gasteiger partial charge in [-0.05, 0) is 18.2 Å². The maximum Gasteiger partial charge on any atom is 0.121 e. The summed E-state index contributed by atoms with van der Waals surface area (Å²) in [5.41, 5.74) is 8.19. The first-order valence-electron chi connectivity index (χ1n) is 4.91. The molecule has 3 N–H and O–H groups in total. The summed E-state index contributed by atoms with van der Waals surface area (Å²) >= 11 is 5.97. The zero-order valence-electron chi connectivity index (χ0n) is 8.37. The molecule has 0 aliphatic heterocycles. The van der Waals surface area contributed by atoms with Crippen LogP contribution in [0.1, 0.15) is 5.82 Å². The van der Waals surface area contributed by atoms with Crippen LogP contribution in [0, 0.1) is 0 Å². The fourth-order valence-electron chi connectivity index (χ4n) is 1.78. The van der Waals surface area contributed by atoms with Gasteiger partial charge in [-0.25, -0.2) is 4.98 Å². The van der Waals surface area contributed by atoms with E-state index in [2.05, 4.69) is 15.0 Å². The zero-order chi connectivity index (χ0) is 11.1. The molecule has 1 aromatic carbocycles. The fourth-order valence-corrected chi connectivity index (χ4v) is 1.96. The molecule has 0 fully saturated rings. The molecule has 0 bridgehead atoms. The maximum absolute atomic E-state index is 5.97. The predicted octanol–water partition coefficient (Wildman–Crippen LogP) is 2.22. The molecule has 3 rings (SSSR count). The SMILES string of the molecule is NCc1nc2cnc3ccc(Cl)cc3c2[nH]1. The molecule has 0 spiro atoms. The highest BCUT2D eigenvalue weighted by molar-refractivity contribution is 6.31. The number of hydrogen-bond acceptors (Lipinski definition) is 3. The molecule has 3 aromatic rings. The molecule has 0 radical (unpaired) electrons. The second-order valence-corrected chi connectivity index (χ2v) is 4.00. The molecule has 4 nitrogen and oxygen atoms in total. The molecule has 2 aromatic heterocycles. The zero-order valence-corrected chi connectivity index (χ0v) is 9.12. The van der Waals surface area contributed by atoms with Crippen molar-refractivity contribution < 1.29 is 0 Å². The number of imidazole rings is 1. The lowest BCUT2D eigenvalue weighted by Crippen LogP contribution is -1.97. The number of nitrogens with zero attached hydrogens (tertiary/aromatic N) is 2. The third-order valence-electron chi connectivity index (χ3n) is 2.53. The molecule has 16 heavy (non-hydrogen) atoms. The largest absolute Gasteiger partial charge is 0.340 e. The van der Waals surface area contributed by atoms with E-state index < -0.39 is 0 Å². The van der Waals surface area contributed by atoms with E-state index in [0.717, 1.165) is 27.8 Å². The van der Waals surface area contributed by atoms with Crippen molar-refractivity contribution in [2.24, 2.45) is 5.73 Å². The van der Waals surface area contributed by atoms with Gasteiger partial charge in [0.2, 0.25) is 0 Å². The third-order valence-corrected chi connectivity index (χ3v) is 2.76. The summed E-state index contributed by atoms with van der Waals surface area (Å²) in [6.07, 6.45) is 1.74. The number of pyridine rings is 1. The van der Waals surface area contributed by atoms with E-state index >= 15 is 0 Å². The first-order valence-corrected chi connectivity index (χ1v) is 5.28. The Hall–Kier alpha value is -1.65. The molecule has 2 heterocycles. The van der Waals surface area contributed by atoms with Crippen molar-refractivity contribution >= 4 is 33.5 Å². The number of benzene rings is 1. The van der Waals surface area contributed by atoms with E-state index in [9.17, 15) is 0 Å². The predicted molar refractivity (Wildman–Crippen MR) is 64.3 cm³/mol. The van der Waals surface area contributed by atoms with Gasteiger partial charge in [0, 0.05) is 10.4 Å². The number of halogens is 1. The second kappa shape index (κ2) is 3.43. The van der Waals surface area contributed by atoms with E-state index in [0.29, 0.717) is 11.6 Å². The Labute approximate surface area is 96.5 Å². The van der Waals surface area contributed by atoms with Gasteiger partial charge in [-0.1, -0.05) is 11.6 Å². The topological polar surface area (TPSA) is 67.6 Å². The van der Waals surface area contributed by atoms with Crippen molar-refractivity contribution in [2.45, 2.75) is 6.54 Å². The van der Waals surface area contributed by atoms with Crippen LogP contribution in [-0.4, -0.2) is 15.0 Å². The van der Waals surface area contributed by atoms with Crippen LogP contribution < -0.4 is 5.73 Å². The van der Waals surface area contributed by atoms with Gasteiger partial charge in [0.15, 0.2) is 0 Å². The van der Waals surface area contributed by atoms with Crippen LogP contribution in [0.4, 0.5) is 0 Å². The molecule has 5 heteroatoms. The molecule has 0 atom stereocenters. The Bertz CT molecular complexity index is 674. The van der Waals surface area contributed by atoms with Crippen molar-refractivity contribution in [3.05, 3.63) is 35.2 Å². The maximum atomic E-state index is 5.97. The Balaban J connectivity index is 2.46. The summed E-state index contributed by atoms with van der Waals surface area (Å²) in [6, 6.07) is 5.59. The molecule has 0 amide bonds. The molecular weight excluding hydrogens is 224 g/mol. The molecule has 0 unspecified atom stereocenters. The van der Waals surface area contributed by atoms with Gasteiger partial charge in [-0.15, -0.1) is 0 Å². The van der Waals surface area contributed by atoms with E-state index in [1.54, 1.807) is 6.20 Å². The Kier molecular flexibility index (Phi) is 2.05. The highest BCUT2D eigenvalue weighted by atomic mass is 35.5. The second-order valence-electron chi connectivity index (χ2n) is 3.57. The normalized spacial score (nSPS) is 11.4. The number of aromatic nitrogens is 3. The van der Waals surface area contributed by atoms with Gasteiger partial charge in [0.05, 0.1) is 23.8 Å². The molecule has 80 valence electrons. The van der Waals surface area contributed by atoms with E-state index in [-0.39, 0.29) is 0 Å². The van der Waals surface area contributed by atoms with Gasteiger partial charge in [0.25, 0.3) is 0 Å². The number of nitrogens with two attached hydrogens (primary N) is 1. The summed E-state index contributed by atoms with van der Waals surface area (Å²) in [5.74, 6) is 0.754. The van der Waals surface area contributed by atoms with Crippen LogP contribution >= 0.6 is 11.6 Å². The molecular formula is C11H9ClN4. The highest BCUT2D eigenvalue weighted by Crippen LogP contribution is 2.24. The molecule has 0 aliphatic rings. The first kappa shape index (κ1) is 9.57. The van der Waals surface area contributed by atoms with E-state index in [1.165, 1.54) is 0 Å². The van der Waals surface area contributed by atoms with Crippen LogP contribution in [0.15, 0.2) is 24.4 Å². The van der Waals surface area contributed by atoms with Crippen molar-refractivity contribution in [3.8, 4) is 0 Å². The standard InChI is InChI=1S/C11H9ClN4/c12-6-1-2-8-7(3-6)11-9(5-14-8)15-10(4-13)16-11/h1-3,5H,4,13H2,(H,15,16). The van der Waals surface area contributed by atoms with Crippen molar-refractivity contribution in [2.75, 3.05) is 0 Å². The Morgan fingerprint density at radius 2 is 2.19 bits per heavy atom. The minimum Gasteiger partial charge on any atom is -0.340 e. The van der Waals surface area contributed by atoms with Crippen molar-refractivity contribution in [1.82, 2.24) is 15.0 Å². The van der Waals surface area contributed by atoms with Crippen LogP contribution in [-0.2, 0) is 6.54 Å². The number of nitrogens with one attached hydrogen (secondary N) is 1. The van der Waals surface area contributed by atoms with Gasteiger partial charge >= 0.3 is 0 Å². The summed E-state index contributed by atoms with van der Waals surface area (Å²) in [7, 11) is 0. The van der Waals surface area contributed by atoms with Gasteiger partial charge in [-0.3, -0.25) is 4.98 Å². The smallest absolute Gasteiger partial charge is 0.121 e. The summed E-state index contributed by atoms with van der Waals surface area (Å²) in [6.45, 7) is 0.386. The number of rotatable bonds is 1. The minimum atomic E-state index is 0.386. The Morgan fingerprint density at radius 3 is 3.00 bits per heavy atom. The van der Waals surface area contributed by atoms with E-state index in [4.69, 9.17) is 17.3 Å². The van der Waals surface area contributed by atoms with Gasteiger partial charge < -0.3 is 10.7 Å². The molecule has 0 saturated heterocycles. The number of aromatic amines is 1. The minimum absolute atomic E-state index is 0.386.